The van der Waals surface area contributed by atoms with E-state index in [0.29, 0.717) is 11.8 Å². The SMILES string of the molecule is Cc1nnc(C(C)Sc2nncc3ccccc23)o1. The van der Waals surface area contributed by atoms with E-state index in [0.717, 1.165) is 15.8 Å². The van der Waals surface area contributed by atoms with Crippen LogP contribution in [0.2, 0.25) is 0 Å². The molecule has 5 nitrogen and oxygen atoms in total. The molecule has 0 aliphatic carbocycles. The lowest BCUT2D eigenvalue weighted by Gasteiger charge is -2.07. The number of aromatic nitrogens is 4. The summed E-state index contributed by atoms with van der Waals surface area (Å²) in [5, 5.41) is 19.2. The van der Waals surface area contributed by atoms with Gasteiger partial charge in [-0.1, -0.05) is 36.0 Å². The van der Waals surface area contributed by atoms with E-state index in [-0.39, 0.29) is 5.25 Å². The molecule has 0 fully saturated rings. The lowest BCUT2D eigenvalue weighted by molar-refractivity contribution is 0.470. The third-order valence-corrected chi connectivity index (χ3v) is 3.79. The van der Waals surface area contributed by atoms with E-state index in [1.165, 1.54) is 0 Å². The van der Waals surface area contributed by atoms with Crippen LogP contribution in [0.25, 0.3) is 10.8 Å². The Morgan fingerprint density at radius 2 is 2.00 bits per heavy atom. The zero-order valence-electron chi connectivity index (χ0n) is 10.6. The summed E-state index contributed by atoms with van der Waals surface area (Å²) in [7, 11) is 0. The summed E-state index contributed by atoms with van der Waals surface area (Å²) in [6.45, 7) is 3.80. The highest BCUT2D eigenvalue weighted by Crippen LogP contribution is 2.35. The molecule has 0 amide bonds. The van der Waals surface area contributed by atoms with Gasteiger partial charge >= 0.3 is 0 Å². The van der Waals surface area contributed by atoms with Crippen molar-refractivity contribution in [1.29, 1.82) is 0 Å². The van der Waals surface area contributed by atoms with E-state index in [4.69, 9.17) is 4.42 Å². The fourth-order valence-electron chi connectivity index (χ4n) is 1.78. The van der Waals surface area contributed by atoms with Gasteiger partial charge in [0.05, 0.1) is 11.4 Å². The minimum Gasteiger partial charge on any atom is -0.424 e. The van der Waals surface area contributed by atoms with Crippen molar-refractivity contribution in [3.63, 3.8) is 0 Å². The molecule has 0 radical (unpaired) electrons. The van der Waals surface area contributed by atoms with Gasteiger partial charge in [0.1, 0.15) is 5.03 Å². The first-order chi connectivity index (χ1) is 9.24. The molecule has 0 bridgehead atoms. The fraction of sp³-hybridized carbons (Fsp3) is 0.231. The van der Waals surface area contributed by atoms with Crippen LogP contribution in [-0.4, -0.2) is 20.4 Å². The zero-order valence-corrected chi connectivity index (χ0v) is 11.4. The molecule has 2 aromatic heterocycles. The van der Waals surface area contributed by atoms with Gasteiger partial charge in [0.2, 0.25) is 11.8 Å². The quantitative estimate of drug-likeness (QED) is 0.682. The number of rotatable bonds is 3. The minimum absolute atomic E-state index is 0.0429. The van der Waals surface area contributed by atoms with Gasteiger partial charge in [-0.15, -0.1) is 15.3 Å². The van der Waals surface area contributed by atoms with Crippen molar-refractivity contribution in [3.05, 3.63) is 42.2 Å². The van der Waals surface area contributed by atoms with Gasteiger partial charge in [-0.25, -0.2) is 0 Å². The Morgan fingerprint density at radius 3 is 2.79 bits per heavy atom. The molecule has 6 heteroatoms. The number of benzene rings is 1. The summed E-state index contributed by atoms with van der Waals surface area (Å²) < 4.78 is 5.44. The number of fused-ring (bicyclic) bond motifs is 1. The maximum absolute atomic E-state index is 5.44. The van der Waals surface area contributed by atoms with Gasteiger partial charge in [-0.2, -0.15) is 5.10 Å². The van der Waals surface area contributed by atoms with Crippen LogP contribution >= 0.6 is 11.8 Å². The Kier molecular flexibility index (Phi) is 3.16. The van der Waals surface area contributed by atoms with Crippen molar-refractivity contribution in [2.45, 2.75) is 24.1 Å². The van der Waals surface area contributed by atoms with Gasteiger partial charge in [0.15, 0.2) is 0 Å². The molecule has 0 N–H and O–H groups in total. The van der Waals surface area contributed by atoms with E-state index < -0.39 is 0 Å². The van der Waals surface area contributed by atoms with E-state index in [1.54, 1.807) is 24.9 Å². The summed E-state index contributed by atoms with van der Waals surface area (Å²) in [5.41, 5.74) is 0. The lowest BCUT2D eigenvalue weighted by atomic mass is 10.2. The van der Waals surface area contributed by atoms with Gasteiger partial charge in [0, 0.05) is 17.7 Å². The molecule has 96 valence electrons. The van der Waals surface area contributed by atoms with Gasteiger partial charge in [-0.05, 0) is 6.92 Å². The van der Waals surface area contributed by atoms with Crippen LogP contribution in [0.1, 0.15) is 24.0 Å². The first kappa shape index (κ1) is 12.1. The highest BCUT2D eigenvalue weighted by atomic mass is 32.2. The molecule has 0 aliphatic heterocycles. The van der Waals surface area contributed by atoms with Crippen LogP contribution in [0.3, 0.4) is 0 Å². The Bertz CT molecular complexity index is 707. The molecule has 0 spiro atoms. The molecule has 3 aromatic rings. The molecule has 1 aromatic carbocycles. The van der Waals surface area contributed by atoms with Crippen LogP contribution in [0.4, 0.5) is 0 Å². The molecule has 3 rings (SSSR count). The minimum atomic E-state index is 0.0429. The fourth-order valence-corrected chi connectivity index (χ4v) is 2.72. The van der Waals surface area contributed by atoms with E-state index >= 15 is 0 Å². The van der Waals surface area contributed by atoms with Crippen molar-refractivity contribution < 1.29 is 4.42 Å². The third kappa shape index (κ3) is 2.44. The Hall–Kier alpha value is -1.95. The molecule has 2 heterocycles. The maximum Gasteiger partial charge on any atom is 0.229 e. The van der Waals surface area contributed by atoms with Crippen molar-refractivity contribution >= 4 is 22.5 Å². The second-order valence-corrected chi connectivity index (χ2v) is 5.49. The average Bonchev–Trinajstić information content (AvgIpc) is 2.86. The van der Waals surface area contributed by atoms with Crippen molar-refractivity contribution in [2.75, 3.05) is 0 Å². The smallest absolute Gasteiger partial charge is 0.229 e. The number of hydrogen-bond acceptors (Lipinski definition) is 6. The maximum atomic E-state index is 5.44. The second kappa shape index (κ2) is 4.97. The molecular weight excluding hydrogens is 260 g/mol. The first-order valence-electron chi connectivity index (χ1n) is 5.91. The number of nitrogens with zero attached hydrogens (tertiary/aromatic N) is 4. The zero-order chi connectivity index (χ0) is 13.2. The van der Waals surface area contributed by atoms with Crippen molar-refractivity contribution in [3.8, 4) is 0 Å². The highest BCUT2D eigenvalue weighted by Gasteiger charge is 2.16. The predicted molar refractivity (Wildman–Crippen MR) is 72.8 cm³/mol. The van der Waals surface area contributed by atoms with E-state index in [1.807, 2.05) is 31.2 Å². The second-order valence-electron chi connectivity index (χ2n) is 4.16. The molecule has 19 heavy (non-hydrogen) atoms. The Balaban J connectivity index is 1.93. The first-order valence-corrected chi connectivity index (χ1v) is 6.79. The topological polar surface area (TPSA) is 64.7 Å². The van der Waals surface area contributed by atoms with Crippen LogP contribution in [0.5, 0.6) is 0 Å². The van der Waals surface area contributed by atoms with E-state index in [2.05, 4.69) is 20.4 Å². The summed E-state index contributed by atoms with van der Waals surface area (Å²) in [6.07, 6.45) is 1.76. The molecular formula is C13H12N4OS. The largest absolute Gasteiger partial charge is 0.424 e. The summed E-state index contributed by atoms with van der Waals surface area (Å²) in [5.74, 6) is 1.18. The van der Waals surface area contributed by atoms with Crippen molar-refractivity contribution in [2.24, 2.45) is 0 Å². The molecule has 1 unspecified atom stereocenters. The molecule has 0 saturated heterocycles. The normalized spacial score (nSPS) is 12.7. The number of hydrogen-bond donors (Lipinski definition) is 0. The van der Waals surface area contributed by atoms with Gasteiger partial charge in [-0.3, -0.25) is 0 Å². The predicted octanol–water partition coefficient (Wildman–Crippen LogP) is 3.17. The van der Waals surface area contributed by atoms with E-state index in [9.17, 15) is 0 Å². The van der Waals surface area contributed by atoms with Crippen LogP contribution < -0.4 is 0 Å². The van der Waals surface area contributed by atoms with Crippen molar-refractivity contribution in [1.82, 2.24) is 20.4 Å². The lowest BCUT2D eigenvalue weighted by Crippen LogP contribution is -1.93. The number of aryl methyl sites for hydroxylation is 1. The molecule has 0 saturated carbocycles. The highest BCUT2D eigenvalue weighted by molar-refractivity contribution is 7.99. The summed E-state index contributed by atoms with van der Waals surface area (Å²) in [4.78, 5) is 0. The third-order valence-electron chi connectivity index (χ3n) is 2.71. The number of thioether (sulfide) groups is 1. The van der Waals surface area contributed by atoms with Crippen LogP contribution in [-0.2, 0) is 0 Å². The van der Waals surface area contributed by atoms with Gasteiger partial charge in [0.25, 0.3) is 0 Å². The van der Waals surface area contributed by atoms with Crippen LogP contribution in [0.15, 0.2) is 39.9 Å². The monoisotopic (exact) mass is 272 g/mol. The van der Waals surface area contributed by atoms with Crippen LogP contribution in [0, 0.1) is 6.92 Å². The molecule has 0 aliphatic rings. The Morgan fingerprint density at radius 1 is 1.16 bits per heavy atom. The standard InChI is InChI=1S/C13H12N4OS/c1-8(12-16-15-9(2)18-12)19-13-11-6-4-3-5-10(11)7-14-17-13/h3-8H,1-2H3. The average molecular weight is 272 g/mol. The van der Waals surface area contributed by atoms with Gasteiger partial charge < -0.3 is 4.42 Å². The molecule has 1 atom stereocenters. The summed E-state index contributed by atoms with van der Waals surface area (Å²) >= 11 is 1.57. The Labute approximate surface area is 114 Å². The summed E-state index contributed by atoms with van der Waals surface area (Å²) in [6, 6.07) is 8.05.